The number of rotatable bonds is 7. The molecular formula is C25H27F4NO3. The molecule has 1 heterocycles. The van der Waals surface area contributed by atoms with Crippen molar-refractivity contribution in [1.29, 1.82) is 0 Å². The van der Waals surface area contributed by atoms with E-state index in [2.05, 4.69) is 0 Å². The Bertz CT molecular complexity index is 958. The van der Waals surface area contributed by atoms with E-state index in [-0.39, 0.29) is 23.7 Å². The van der Waals surface area contributed by atoms with Gasteiger partial charge in [0.05, 0.1) is 11.5 Å². The summed E-state index contributed by atoms with van der Waals surface area (Å²) in [7, 11) is 0. The lowest BCUT2D eigenvalue weighted by molar-refractivity contribution is -0.215. The van der Waals surface area contributed by atoms with Gasteiger partial charge in [-0.15, -0.1) is 0 Å². The molecule has 0 bridgehead atoms. The van der Waals surface area contributed by atoms with Crippen LogP contribution in [-0.2, 0) is 0 Å². The van der Waals surface area contributed by atoms with Gasteiger partial charge in [-0.25, -0.2) is 9.18 Å². The first-order valence-electron chi connectivity index (χ1n) is 11.2. The van der Waals surface area contributed by atoms with Crippen LogP contribution >= 0.6 is 0 Å². The fourth-order valence-electron chi connectivity index (χ4n) is 4.77. The van der Waals surface area contributed by atoms with E-state index in [1.54, 1.807) is 6.07 Å². The molecule has 0 aromatic heterocycles. The van der Waals surface area contributed by atoms with Crippen LogP contribution < -0.4 is 4.74 Å². The molecule has 1 aliphatic carbocycles. The highest BCUT2D eigenvalue weighted by molar-refractivity contribution is 5.89. The number of carboxylic acid groups (broad SMARTS) is 1. The first kappa shape index (κ1) is 23.5. The molecular weight excluding hydrogens is 438 g/mol. The highest BCUT2D eigenvalue weighted by Crippen LogP contribution is 2.46. The Labute approximate surface area is 190 Å². The minimum absolute atomic E-state index is 0.00594. The summed E-state index contributed by atoms with van der Waals surface area (Å²) in [5.74, 6) is -2.95. The van der Waals surface area contributed by atoms with Crippen LogP contribution in [0.4, 0.5) is 17.6 Å². The third-order valence-corrected chi connectivity index (χ3v) is 6.89. The van der Waals surface area contributed by atoms with Crippen LogP contribution in [0, 0.1) is 17.8 Å². The maximum Gasteiger partial charge on any atom is 0.392 e. The predicted molar refractivity (Wildman–Crippen MR) is 116 cm³/mol. The summed E-state index contributed by atoms with van der Waals surface area (Å²) in [4.78, 5) is 13.4. The fraction of sp³-hybridized carbons (Fsp3) is 0.480. The lowest BCUT2D eigenvalue weighted by Gasteiger charge is -2.42. The lowest BCUT2D eigenvalue weighted by Crippen LogP contribution is -2.47. The van der Waals surface area contributed by atoms with Gasteiger partial charge >= 0.3 is 12.1 Å². The highest BCUT2D eigenvalue weighted by Gasteiger charge is 2.50. The fourth-order valence-corrected chi connectivity index (χ4v) is 4.77. The van der Waals surface area contributed by atoms with E-state index in [1.165, 1.54) is 12.1 Å². The smallest absolute Gasteiger partial charge is 0.392 e. The zero-order chi connectivity index (χ0) is 23.6. The molecule has 0 radical (unpaired) electrons. The highest BCUT2D eigenvalue weighted by atomic mass is 19.4. The van der Waals surface area contributed by atoms with Gasteiger partial charge in [-0.1, -0.05) is 30.3 Å². The third kappa shape index (κ3) is 5.49. The van der Waals surface area contributed by atoms with Gasteiger partial charge in [0.15, 0.2) is 0 Å². The number of benzene rings is 2. The SMILES string of the molecule is O=C(O)c1ccc(-c2ccccc2)c(OC(F)C2CCN(CC3CCC3C(F)(F)F)CC2)c1. The molecule has 1 aliphatic heterocycles. The van der Waals surface area contributed by atoms with Gasteiger partial charge < -0.3 is 14.7 Å². The van der Waals surface area contributed by atoms with Crippen LogP contribution in [0.25, 0.3) is 11.1 Å². The summed E-state index contributed by atoms with van der Waals surface area (Å²) in [5, 5.41) is 9.32. The van der Waals surface area contributed by atoms with Gasteiger partial charge in [0, 0.05) is 18.0 Å². The topological polar surface area (TPSA) is 49.8 Å². The maximum absolute atomic E-state index is 15.2. The monoisotopic (exact) mass is 465 g/mol. The van der Waals surface area contributed by atoms with Gasteiger partial charge in [0.25, 0.3) is 0 Å². The number of hydrogen-bond acceptors (Lipinski definition) is 3. The van der Waals surface area contributed by atoms with Crippen molar-refractivity contribution < 1.29 is 32.2 Å². The largest absolute Gasteiger partial charge is 0.478 e. The summed E-state index contributed by atoms with van der Waals surface area (Å²) >= 11 is 0. The van der Waals surface area contributed by atoms with Crippen molar-refractivity contribution in [3.63, 3.8) is 0 Å². The van der Waals surface area contributed by atoms with Crippen molar-refractivity contribution in [2.75, 3.05) is 19.6 Å². The Morgan fingerprint density at radius 2 is 1.76 bits per heavy atom. The molecule has 3 unspecified atom stereocenters. The van der Waals surface area contributed by atoms with Gasteiger partial charge in [0.2, 0.25) is 6.36 Å². The van der Waals surface area contributed by atoms with E-state index in [1.807, 2.05) is 35.2 Å². The number of aromatic carboxylic acids is 1. The average Bonchev–Trinajstić information content (AvgIpc) is 2.76. The molecule has 2 aromatic carbocycles. The first-order valence-corrected chi connectivity index (χ1v) is 11.2. The van der Waals surface area contributed by atoms with Crippen molar-refractivity contribution in [2.24, 2.45) is 17.8 Å². The first-order chi connectivity index (χ1) is 15.7. The molecule has 0 amide bonds. The van der Waals surface area contributed by atoms with E-state index in [0.717, 1.165) is 5.56 Å². The van der Waals surface area contributed by atoms with Crippen LogP contribution in [0.2, 0.25) is 0 Å². The molecule has 2 aromatic rings. The molecule has 178 valence electrons. The number of hydrogen-bond donors (Lipinski definition) is 1. The average molecular weight is 465 g/mol. The Balaban J connectivity index is 1.38. The summed E-state index contributed by atoms with van der Waals surface area (Å²) < 4.78 is 59.8. The number of carboxylic acids is 1. The maximum atomic E-state index is 15.2. The van der Waals surface area contributed by atoms with Crippen LogP contribution in [-0.4, -0.2) is 48.1 Å². The number of likely N-dealkylation sites (tertiary alicyclic amines) is 1. The quantitative estimate of drug-likeness (QED) is 0.508. The van der Waals surface area contributed by atoms with Crippen molar-refractivity contribution >= 4 is 5.97 Å². The van der Waals surface area contributed by atoms with Gasteiger partial charge in [-0.2, -0.15) is 13.2 Å². The Morgan fingerprint density at radius 3 is 2.33 bits per heavy atom. The second-order valence-electron chi connectivity index (χ2n) is 8.97. The molecule has 1 saturated heterocycles. The zero-order valence-electron chi connectivity index (χ0n) is 18.1. The molecule has 33 heavy (non-hydrogen) atoms. The van der Waals surface area contributed by atoms with Crippen molar-refractivity contribution in [3.05, 3.63) is 54.1 Å². The van der Waals surface area contributed by atoms with Crippen molar-refractivity contribution in [2.45, 2.75) is 38.2 Å². The van der Waals surface area contributed by atoms with Crippen LogP contribution in [0.15, 0.2) is 48.5 Å². The Kier molecular flexibility index (Phi) is 6.93. The molecule has 2 fully saturated rings. The Hall–Kier alpha value is -2.61. The number of ether oxygens (including phenoxy) is 1. The van der Waals surface area contributed by atoms with Crippen LogP contribution in [0.1, 0.15) is 36.0 Å². The summed E-state index contributed by atoms with van der Waals surface area (Å²) in [6, 6.07) is 13.6. The van der Waals surface area contributed by atoms with Gasteiger partial charge in [-0.05, 0) is 68.5 Å². The van der Waals surface area contributed by atoms with E-state index < -0.39 is 30.3 Å². The van der Waals surface area contributed by atoms with Crippen LogP contribution in [0.3, 0.4) is 0 Å². The Morgan fingerprint density at radius 1 is 1.06 bits per heavy atom. The standard InChI is InChI=1S/C25H27F4NO3/c26-23(17-10-12-30(13-11-17)15-19-7-9-21(19)25(27,28)29)33-22-14-18(24(31)32)6-8-20(22)16-4-2-1-3-5-16/h1-6,8,14,17,19,21,23H,7,9-13,15H2,(H,31,32). The van der Waals surface area contributed by atoms with E-state index in [4.69, 9.17) is 4.74 Å². The number of nitrogens with zero attached hydrogens (tertiary/aromatic N) is 1. The predicted octanol–water partition coefficient (Wildman–Crippen LogP) is 6.03. The minimum Gasteiger partial charge on any atom is -0.478 e. The van der Waals surface area contributed by atoms with Gasteiger partial charge in [-0.3, -0.25) is 0 Å². The van der Waals surface area contributed by atoms with E-state index in [9.17, 15) is 23.1 Å². The third-order valence-electron chi connectivity index (χ3n) is 6.89. The van der Waals surface area contributed by atoms with Crippen molar-refractivity contribution in [3.8, 4) is 16.9 Å². The second-order valence-corrected chi connectivity index (χ2v) is 8.97. The summed E-state index contributed by atoms with van der Waals surface area (Å²) in [6.45, 7) is 1.44. The van der Waals surface area contributed by atoms with Crippen LogP contribution in [0.5, 0.6) is 5.75 Å². The van der Waals surface area contributed by atoms with E-state index >= 15 is 4.39 Å². The molecule has 1 saturated carbocycles. The summed E-state index contributed by atoms with van der Waals surface area (Å²) in [6.07, 6.45) is -4.04. The molecule has 2 aliphatic rings. The second kappa shape index (κ2) is 9.71. The summed E-state index contributed by atoms with van der Waals surface area (Å²) in [5.41, 5.74) is 1.39. The molecule has 8 heteroatoms. The lowest BCUT2D eigenvalue weighted by atomic mass is 9.72. The normalized spacial score (nSPS) is 23.0. The molecule has 0 spiro atoms. The zero-order valence-corrected chi connectivity index (χ0v) is 18.1. The number of halogens is 4. The van der Waals surface area contributed by atoms with Crippen molar-refractivity contribution in [1.82, 2.24) is 4.90 Å². The molecule has 3 atom stereocenters. The minimum atomic E-state index is -4.14. The number of carbonyl (C=O) groups is 1. The number of piperidine rings is 1. The van der Waals surface area contributed by atoms with E-state index in [0.29, 0.717) is 44.5 Å². The molecule has 4 nitrogen and oxygen atoms in total. The molecule has 1 N–H and O–H groups in total. The molecule has 4 rings (SSSR count). The van der Waals surface area contributed by atoms with Gasteiger partial charge in [0.1, 0.15) is 5.75 Å². The number of alkyl halides is 4.